The Morgan fingerprint density at radius 3 is 2.63 bits per heavy atom. The number of fused-ring (bicyclic) bond motifs is 1. The van der Waals surface area contributed by atoms with Crippen LogP contribution in [0.25, 0.3) is 11.2 Å². The van der Waals surface area contributed by atoms with E-state index >= 15 is 0 Å². The molecule has 0 amide bonds. The molecule has 4 rings (SSSR count). The first-order chi connectivity index (χ1) is 13.1. The highest BCUT2D eigenvalue weighted by Gasteiger charge is 2.44. The van der Waals surface area contributed by atoms with Crippen molar-refractivity contribution in [2.45, 2.75) is 37.5 Å². The third-order valence-electron chi connectivity index (χ3n) is 4.80. The summed E-state index contributed by atoms with van der Waals surface area (Å²) in [6.45, 7) is 1.63. The fourth-order valence-corrected chi connectivity index (χ4v) is 3.28. The average Bonchev–Trinajstić information content (AvgIpc) is 3.25. The molecule has 9 heteroatoms. The van der Waals surface area contributed by atoms with E-state index in [0.29, 0.717) is 17.0 Å². The van der Waals surface area contributed by atoms with Gasteiger partial charge in [-0.05, 0) is 12.5 Å². The molecule has 3 heterocycles. The number of aliphatic hydroxyl groups is 3. The fraction of sp³-hybridized carbons (Fsp3) is 0.389. The number of ether oxygens (including phenoxy) is 1. The van der Waals surface area contributed by atoms with Crippen molar-refractivity contribution in [3.8, 4) is 0 Å². The number of benzene rings is 1. The number of rotatable bonds is 5. The van der Waals surface area contributed by atoms with E-state index in [1.807, 2.05) is 37.3 Å². The number of nitrogens with one attached hydrogen (secondary N) is 1. The van der Waals surface area contributed by atoms with Crippen LogP contribution in [0.5, 0.6) is 0 Å². The summed E-state index contributed by atoms with van der Waals surface area (Å²) < 4.78 is 7.11. The summed E-state index contributed by atoms with van der Waals surface area (Å²) in [5.74, 6) is 0.557. The average molecular weight is 371 g/mol. The Bertz CT molecular complexity index is 919. The lowest BCUT2D eigenvalue weighted by molar-refractivity contribution is -0.0511. The normalized spacial score (nSPS) is 26.4. The van der Waals surface area contributed by atoms with Crippen LogP contribution >= 0.6 is 0 Å². The monoisotopic (exact) mass is 371 g/mol. The summed E-state index contributed by atoms with van der Waals surface area (Å²) in [6.07, 6.45) is -1.25. The van der Waals surface area contributed by atoms with E-state index < -0.39 is 31.1 Å². The standard InChI is InChI=1S/C18H21N5O4/c1-10(11-5-3-2-4-6-11)22-16-13-17(20-8-19-16)23(9-21-13)18-15(26)14(25)12(7-24)27-18/h2-6,8-10,12,14-15,18,24-26H,7H2,1H3,(H,19,20,22)/t10-,12-,14-,15-,18+/m1/s1. The van der Waals surface area contributed by atoms with Crippen LogP contribution in [-0.4, -0.2) is 59.8 Å². The van der Waals surface area contributed by atoms with E-state index in [0.717, 1.165) is 5.56 Å². The number of hydrogen-bond acceptors (Lipinski definition) is 8. The molecule has 4 N–H and O–H groups in total. The fourth-order valence-electron chi connectivity index (χ4n) is 3.28. The lowest BCUT2D eigenvalue weighted by Gasteiger charge is -2.17. The molecule has 27 heavy (non-hydrogen) atoms. The summed E-state index contributed by atoms with van der Waals surface area (Å²) >= 11 is 0. The van der Waals surface area contributed by atoms with Gasteiger partial charge in [-0.2, -0.15) is 0 Å². The molecule has 1 aliphatic rings. The van der Waals surface area contributed by atoms with Crippen LogP contribution in [0.1, 0.15) is 24.8 Å². The van der Waals surface area contributed by atoms with Gasteiger partial charge >= 0.3 is 0 Å². The first-order valence-corrected chi connectivity index (χ1v) is 8.71. The Morgan fingerprint density at radius 2 is 1.93 bits per heavy atom. The maximum absolute atomic E-state index is 10.3. The second-order valence-electron chi connectivity index (χ2n) is 6.55. The van der Waals surface area contributed by atoms with Crippen molar-refractivity contribution in [1.82, 2.24) is 19.5 Å². The van der Waals surface area contributed by atoms with Gasteiger partial charge in [-0.25, -0.2) is 15.0 Å². The minimum Gasteiger partial charge on any atom is -0.394 e. The van der Waals surface area contributed by atoms with Crippen LogP contribution in [0.4, 0.5) is 5.82 Å². The van der Waals surface area contributed by atoms with E-state index in [2.05, 4.69) is 20.3 Å². The molecule has 2 aromatic heterocycles. The highest BCUT2D eigenvalue weighted by molar-refractivity contribution is 5.82. The largest absolute Gasteiger partial charge is 0.394 e. The molecule has 142 valence electrons. The SMILES string of the molecule is C[C@@H](Nc1ncnc2c1ncn2[C@H]1O[C@H](CO)[C@@H](O)[C@H]1O)c1ccccc1. The number of nitrogens with zero attached hydrogens (tertiary/aromatic N) is 4. The Labute approximate surface area is 155 Å². The molecule has 0 radical (unpaired) electrons. The number of aromatic nitrogens is 4. The van der Waals surface area contributed by atoms with Gasteiger partial charge in [0.15, 0.2) is 23.2 Å². The highest BCUT2D eigenvalue weighted by atomic mass is 16.6. The van der Waals surface area contributed by atoms with E-state index in [4.69, 9.17) is 4.74 Å². The van der Waals surface area contributed by atoms with Crippen molar-refractivity contribution in [3.05, 3.63) is 48.5 Å². The molecule has 0 spiro atoms. The molecule has 0 aliphatic carbocycles. The number of imidazole rings is 1. The third-order valence-corrected chi connectivity index (χ3v) is 4.80. The number of aliphatic hydroxyl groups excluding tert-OH is 3. The van der Waals surface area contributed by atoms with Crippen LogP contribution in [-0.2, 0) is 4.74 Å². The molecule has 9 nitrogen and oxygen atoms in total. The smallest absolute Gasteiger partial charge is 0.167 e. The minimum atomic E-state index is -1.20. The molecule has 1 fully saturated rings. The van der Waals surface area contributed by atoms with Gasteiger partial charge in [-0.3, -0.25) is 4.57 Å². The van der Waals surface area contributed by atoms with Gasteiger partial charge in [0.1, 0.15) is 24.6 Å². The predicted molar refractivity (Wildman–Crippen MR) is 96.8 cm³/mol. The summed E-state index contributed by atoms with van der Waals surface area (Å²) in [5, 5.41) is 32.8. The van der Waals surface area contributed by atoms with Gasteiger partial charge in [-0.15, -0.1) is 0 Å². The first-order valence-electron chi connectivity index (χ1n) is 8.71. The van der Waals surface area contributed by atoms with Gasteiger partial charge < -0.3 is 25.4 Å². The molecule has 5 atom stereocenters. The summed E-state index contributed by atoms with van der Waals surface area (Å²) in [6, 6.07) is 9.95. The lowest BCUT2D eigenvalue weighted by Crippen LogP contribution is -2.33. The van der Waals surface area contributed by atoms with Crippen LogP contribution in [0.2, 0.25) is 0 Å². The van der Waals surface area contributed by atoms with Gasteiger partial charge in [0.2, 0.25) is 0 Å². The number of hydrogen-bond donors (Lipinski definition) is 4. The van der Waals surface area contributed by atoms with Crippen molar-refractivity contribution in [2.24, 2.45) is 0 Å². The molecule has 1 aliphatic heterocycles. The van der Waals surface area contributed by atoms with E-state index in [9.17, 15) is 15.3 Å². The van der Waals surface area contributed by atoms with Crippen molar-refractivity contribution in [1.29, 1.82) is 0 Å². The maximum Gasteiger partial charge on any atom is 0.167 e. The minimum absolute atomic E-state index is 0.00311. The molecular weight excluding hydrogens is 350 g/mol. The molecule has 0 saturated carbocycles. The van der Waals surface area contributed by atoms with E-state index in [1.165, 1.54) is 12.7 Å². The van der Waals surface area contributed by atoms with Gasteiger partial charge in [0.25, 0.3) is 0 Å². The van der Waals surface area contributed by atoms with Crippen molar-refractivity contribution >= 4 is 17.0 Å². The summed E-state index contributed by atoms with van der Waals surface area (Å²) in [4.78, 5) is 12.9. The summed E-state index contributed by atoms with van der Waals surface area (Å²) in [7, 11) is 0. The van der Waals surface area contributed by atoms with Crippen LogP contribution in [0.15, 0.2) is 43.0 Å². The zero-order chi connectivity index (χ0) is 19.0. The van der Waals surface area contributed by atoms with E-state index in [1.54, 1.807) is 4.57 Å². The molecular formula is C18H21N5O4. The van der Waals surface area contributed by atoms with Crippen molar-refractivity contribution < 1.29 is 20.1 Å². The molecule has 0 unspecified atom stereocenters. The van der Waals surface area contributed by atoms with Gasteiger partial charge in [0.05, 0.1) is 19.0 Å². The quantitative estimate of drug-likeness (QED) is 0.514. The highest BCUT2D eigenvalue weighted by Crippen LogP contribution is 2.32. The molecule has 1 saturated heterocycles. The predicted octanol–water partition coefficient (Wildman–Crippen LogP) is 0.611. The Hall–Kier alpha value is -2.59. The van der Waals surface area contributed by atoms with E-state index in [-0.39, 0.29) is 6.04 Å². The second-order valence-corrected chi connectivity index (χ2v) is 6.55. The Morgan fingerprint density at radius 1 is 1.15 bits per heavy atom. The third kappa shape index (κ3) is 3.15. The van der Waals surface area contributed by atoms with Crippen LogP contribution in [0.3, 0.4) is 0 Å². The van der Waals surface area contributed by atoms with Gasteiger partial charge in [0, 0.05) is 0 Å². The molecule has 1 aromatic carbocycles. The zero-order valence-electron chi connectivity index (χ0n) is 14.7. The maximum atomic E-state index is 10.3. The first kappa shape index (κ1) is 17.8. The van der Waals surface area contributed by atoms with Crippen molar-refractivity contribution in [2.75, 3.05) is 11.9 Å². The zero-order valence-corrected chi connectivity index (χ0v) is 14.7. The van der Waals surface area contributed by atoms with Crippen LogP contribution in [0, 0.1) is 0 Å². The summed E-state index contributed by atoms with van der Waals surface area (Å²) in [5.41, 5.74) is 2.09. The van der Waals surface area contributed by atoms with Crippen LogP contribution < -0.4 is 5.32 Å². The lowest BCUT2D eigenvalue weighted by atomic mass is 10.1. The second kappa shape index (κ2) is 7.20. The number of anilines is 1. The molecule has 3 aromatic rings. The Balaban J connectivity index is 1.64. The van der Waals surface area contributed by atoms with Gasteiger partial charge in [-0.1, -0.05) is 30.3 Å². The topological polar surface area (TPSA) is 126 Å². The van der Waals surface area contributed by atoms with Crippen molar-refractivity contribution in [3.63, 3.8) is 0 Å². The Kier molecular flexibility index (Phi) is 4.75. The molecule has 0 bridgehead atoms.